The molecule has 0 radical (unpaired) electrons. The highest BCUT2D eigenvalue weighted by molar-refractivity contribution is 6.33. The third-order valence-corrected chi connectivity index (χ3v) is 14.1. The fourth-order valence-corrected chi connectivity index (χ4v) is 11.2. The number of aromatic amines is 1. The van der Waals surface area contributed by atoms with Gasteiger partial charge in [0.1, 0.15) is 36.0 Å². The van der Waals surface area contributed by atoms with Gasteiger partial charge in [-0.05, 0) is 133 Å². The molecule has 2 aliphatic heterocycles. The van der Waals surface area contributed by atoms with E-state index in [0.29, 0.717) is 64.0 Å². The Kier molecular flexibility index (Phi) is 7.31. The number of H-pyrrole nitrogens is 1. The van der Waals surface area contributed by atoms with Crippen molar-refractivity contribution in [3.8, 4) is 16.9 Å². The van der Waals surface area contributed by atoms with Gasteiger partial charge in [-0.15, -0.1) is 0 Å². The normalized spacial score (nSPS) is 28.0. The van der Waals surface area contributed by atoms with E-state index >= 15 is 4.39 Å². The van der Waals surface area contributed by atoms with Crippen LogP contribution in [0.25, 0.3) is 32.8 Å². The number of aryl methyl sites for hydroxylation is 1. The molecule has 4 fully saturated rings. The summed E-state index contributed by atoms with van der Waals surface area (Å²) in [5.74, 6) is 0.187. The number of aromatic nitrogens is 3. The van der Waals surface area contributed by atoms with Crippen molar-refractivity contribution >= 4 is 39.1 Å². The number of nitrogen functional groups attached to an aromatic ring is 1. The molecule has 0 amide bonds. The second kappa shape index (κ2) is 11.6. The van der Waals surface area contributed by atoms with Gasteiger partial charge in [-0.3, -0.25) is 10.00 Å². The highest BCUT2D eigenvalue weighted by atomic mass is 35.5. The Hall–Kier alpha value is -3.82. The third-order valence-electron chi connectivity index (χ3n) is 13.7. The predicted molar refractivity (Wildman–Crippen MR) is 199 cm³/mol. The van der Waals surface area contributed by atoms with E-state index in [1.165, 1.54) is 18.9 Å². The van der Waals surface area contributed by atoms with Crippen molar-refractivity contribution in [2.24, 2.45) is 11.3 Å². The van der Waals surface area contributed by atoms with Crippen LogP contribution in [0.4, 0.5) is 19.0 Å². The van der Waals surface area contributed by atoms with Gasteiger partial charge < -0.3 is 10.5 Å². The fraction of sp³-hybridized carbons (Fsp3) is 0.476. The molecule has 0 bridgehead atoms. The van der Waals surface area contributed by atoms with Crippen molar-refractivity contribution in [1.82, 2.24) is 20.1 Å². The minimum absolute atomic E-state index is 0.130. The maximum absolute atomic E-state index is 17.8. The quantitative estimate of drug-likeness (QED) is 0.175. The summed E-state index contributed by atoms with van der Waals surface area (Å²) >= 11 is 7.09. The zero-order valence-electron chi connectivity index (χ0n) is 29.5. The van der Waals surface area contributed by atoms with Crippen molar-refractivity contribution < 1.29 is 17.9 Å². The Morgan fingerprint density at radius 2 is 1.94 bits per heavy atom. The summed E-state index contributed by atoms with van der Waals surface area (Å²) in [5, 5.41) is 10.3. The largest absolute Gasteiger partial charge is 0.492 e. The van der Waals surface area contributed by atoms with Crippen LogP contribution in [0, 0.1) is 23.0 Å². The molecule has 6 nitrogen and oxygen atoms in total. The van der Waals surface area contributed by atoms with Crippen LogP contribution in [0.1, 0.15) is 98.8 Å². The molecule has 2 saturated carbocycles. The lowest BCUT2D eigenvalue weighted by molar-refractivity contribution is 0.113. The number of halogens is 4. The second-order valence-corrected chi connectivity index (χ2v) is 17.2. The summed E-state index contributed by atoms with van der Waals surface area (Å²) in [6.45, 7) is 5.91. The number of hydrogen-bond acceptors (Lipinski definition) is 5. The van der Waals surface area contributed by atoms with Crippen molar-refractivity contribution in [3.63, 3.8) is 0 Å². The minimum atomic E-state index is -0.878. The monoisotopic (exact) mass is 725 g/mol. The number of ether oxygens (including phenoxy) is 1. The molecule has 1 spiro atoms. The maximum Gasteiger partial charge on any atom is 0.141 e. The third kappa shape index (κ3) is 4.94. The van der Waals surface area contributed by atoms with Gasteiger partial charge in [0, 0.05) is 45.5 Å². The van der Waals surface area contributed by atoms with Gasteiger partial charge in [-0.1, -0.05) is 25.4 Å². The fourth-order valence-electron chi connectivity index (χ4n) is 10.8. The molecule has 2 aromatic heterocycles. The SMILES string of the molecule is C[C@H]1CCc2cc(-c3c(C4CC45CC5)c(Cl)cc4[nH]ncc34)c(F)c3cc(OC[C@@]45CCCN4C[C@H](F)C5)cc(c23)C1[C@@H](C)c1cc(F)cnc1N. The maximum atomic E-state index is 17.8. The minimum Gasteiger partial charge on any atom is -0.492 e. The molecule has 2 saturated heterocycles. The van der Waals surface area contributed by atoms with Crippen LogP contribution in [0.3, 0.4) is 0 Å². The number of nitrogens with two attached hydrogens (primary N) is 1. The molecule has 3 aromatic carbocycles. The molecule has 3 N–H and O–H groups in total. The van der Waals surface area contributed by atoms with Gasteiger partial charge in [0.2, 0.25) is 0 Å². The molecule has 3 aliphatic carbocycles. The summed E-state index contributed by atoms with van der Waals surface area (Å²) in [5.41, 5.74) is 12.2. The first kappa shape index (κ1) is 32.8. The van der Waals surface area contributed by atoms with E-state index in [0.717, 1.165) is 83.4 Å². The van der Waals surface area contributed by atoms with Gasteiger partial charge in [0.15, 0.2) is 0 Å². The van der Waals surface area contributed by atoms with Crippen molar-refractivity contribution in [3.05, 3.63) is 81.6 Å². The van der Waals surface area contributed by atoms with Crippen LogP contribution >= 0.6 is 11.6 Å². The summed E-state index contributed by atoms with van der Waals surface area (Å²) < 4.78 is 53.9. The molecule has 5 aromatic rings. The number of pyridine rings is 1. The Morgan fingerprint density at radius 1 is 1.10 bits per heavy atom. The lowest BCUT2D eigenvalue weighted by atomic mass is 9.74. The van der Waals surface area contributed by atoms with Crippen LogP contribution in [-0.2, 0) is 6.42 Å². The average molecular weight is 726 g/mol. The predicted octanol–water partition coefficient (Wildman–Crippen LogP) is 9.98. The summed E-state index contributed by atoms with van der Waals surface area (Å²) in [4.78, 5) is 6.39. The van der Waals surface area contributed by atoms with Crippen molar-refractivity contribution in [2.75, 3.05) is 25.4 Å². The van der Waals surface area contributed by atoms with Crippen LogP contribution in [0.2, 0.25) is 5.02 Å². The molecule has 6 atom stereocenters. The number of anilines is 1. The molecule has 5 aliphatic rings. The molecule has 10 heteroatoms. The molecular formula is C42H43ClF3N5O. The number of alkyl halides is 1. The number of rotatable bonds is 7. The van der Waals surface area contributed by atoms with Crippen LogP contribution < -0.4 is 10.5 Å². The van der Waals surface area contributed by atoms with Crippen LogP contribution in [0.5, 0.6) is 5.75 Å². The highest BCUT2D eigenvalue weighted by Gasteiger charge is 2.64. The summed E-state index contributed by atoms with van der Waals surface area (Å²) in [7, 11) is 0. The Morgan fingerprint density at radius 3 is 2.75 bits per heavy atom. The molecule has 52 heavy (non-hydrogen) atoms. The zero-order valence-corrected chi connectivity index (χ0v) is 30.3. The Bertz CT molecular complexity index is 2290. The molecule has 10 rings (SSSR count). The standard InChI is InChI=1S/C42H43ClF3N5O/c1-21-4-5-23-10-29(37-31-18-49-50-34(31)14-33(43)38(37)32-16-41(32)7-8-41)39(46)30-13-26(52-20-42-6-3-9-51(42)19-25(45)15-42)12-28(36(23)30)35(21)22(2)27-11-24(44)17-48-40(27)47/h10-14,17-18,21-22,25,32,35H,3-9,15-16,19-20H2,1-2H3,(H2,47,48)(H,49,50)/t21-,22-,25+,32?,35?,42-/m0/s1. The summed E-state index contributed by atoms with van der Waals surface area (Å²) in [6, 6.07) is 9.39. The van der Waals surface area contributed by atoms with E-state index < -0.39 is 12.0 Å². The van der Waals surface area contributed by atoms with Gasteiger partial charge in [0.25, 0.3) is 0 Å². The summed E-state index contributed by atoms with van der Waals surface area (Å²) in [6.07, 6.45) is 9.40. The van der Waals surface area contributed by atoms with Crippen LogP contribution in [-0.4, -0.2) is 51.5 Å². The van der Waals surface area contributed by atoms with Crippen molar-refractivity contribution in [2.45, 2.75) is 94.7 Å². The first-order valence-corrected chi connectivity index (χ1v) is 19.3. The smallest absolute Gasteiger partial charge is 0.141 e. The van der Waals surface area contributed by atoms with Gasteiger partial charge in [-0.25, -0.2) is 18.2 Å². The molecular weight excluding hydrogens is 683 g/mol. The number of benzene rings is 3. The zero-order chi connectivity index (χ0) is 35.7. The van der Waals surface area contributed by atoms with E-state index in [1.54, 1.807) is 6.20 Å². The van der Waals surface area contributed by atoms with Gasteiger partial charge in [0.05, 0.1) is 23.4 Å². The topological polar surface area (TPSA) is 80.1 Å². The van der Waals surface area contributed by atoms with Gasteiger partial charge >= 0.3 is 0 Å². The van der Waals surface area contributed by atoms with E-state index in [4.69, 9.17) is 22.1 Å². The van der Waals surface area contributed by atoms with Crippen LogP contribution in [0.15, 0.2) is 42.7 Å². The van der Waals surface area contributed by atoms with E-state index in [1.807, 2.05) is 12.1 Å². The molecule has 2 unspecified atom stereocenters. The van der Waals surface area contributed by atoms with E-state index in [-0.39, 0.29) is 29.1 Å². The second-order valence-electron chi connectivity index (χ2n) is 16.8. The van der Waals surface area contributed by atoms with E-state index in [2.05, 4.69) is 46.1 Å². The average Bonchev–Trinajstić information content (AvgIpc) is 3.89. The Balaban J connectivity index is 1.18. The number of nitrogens with one attached hydrogen (secondary N) is 1. The first-order valence-electron chi connectivity index (χ1n) is 18.9. The number of nitrogens with zero attached hydrogens (tertiary/aromatic N) is 3. The lowest BCUT2D eigenvalue weighted by Crippen LogP contribution is -2.43. The molecule has 4 heterocycles. The molecule has 270 valence electrons. The van der Waals surface area contributed by atoms with E-state index in [9.17, 15) is 8.78 Å². The first-order chi connectivity index (χ1) is 25.1. The number of hydrogen-bond donors (Lipinski definition) is 2. The lowest BCUT2D eigenvalue weighted by Gasteiger charge is -2.33. The highest BCUT2D eigenvalue weighted by Crippen LogP contribution is 2.76. The number of fused-ring (bicyclic) bond motifs is 2. The van der Waals surface area contributed by atoms with Crippen molar-refractivity contribution in [1.29, 1.82) is 0 Å². The van der Waals surface area contributed by atoms with Gasteiger partial charge in [-0.2, -0.15) is 5.10 Å². The Labute approximate surface area is 306 Å².